The Morgan fingerprint density at radius 1 is 1.29 bits per heavy atom. The molecule has 1 N–H and O–H groups in total. The zero-order valence-corrected chi connectivity index (χ0v) is 12.3. The van der Waals surface area contributed by atoms with Gasteiger partial charge in [-0.1, -0.05) is 25.1 Å². The highest BCUT2D eigenvalue weighted by atomic mass is 16.2. The first-order valence-electron chi connectivity index (χ1n) is 7.63. The zero-order valence-electron chi connectivity index (χ0n) is 12.3. The Kier molecular flexibility index (Phi) is 3.78. The van der Waals surface area contributed by atoms with E-state index in [1.54, 1.807) is 11.1 Å². The van der Waals surface area contributed by atoms with E-state index >= 15 is 0 Å². The molecule has 21 heavy (non-hydrogen) atoms. The van der Waals surface area contributed by atoms with Crippen LogP contribution in [-0.4, -0.2) is 34.2 Å². The monoisotopic (exact) mass is 284 g/mol. The van der Waals surface area contributed by atoms with Gasteiger partial charge in [0.15, 0.2) is 0 Å². The molecule has 1 atom stereocenters. The lowest BCUT2D eigenvalue weighted by atomic mass is 9.98. The number of nitrogens with one attached hydrogen (secondary N) is 1. The van der Waals surface area contributed by atoms with E-state index in [4.69, 9.17) is 0 Å². The van der Waals surface area contributed by atoms with Crippen molar-refractivity contribution in [1.29, 1.82) is 0 Å². The summed E-state index contributed by atoms with van der Waals surface area (Å²) in [5, 5.41) is 0.820. The molecule has 1 aromatic heterocycles. The number of carbonyl (C=O) groups is 2. The van der Waals surface area contributed by atoms with Gasteiger partial charge in [0.05, 0.1) is 5.56 Å². The van der Waals surface area contributed by atoms with Crippen molar-refractivity contribution in [1.82, 2.24) is 9.88 Å². The van der Waals surface area contributed by atoms with Crippen LogP contribution in [0.15, 0.2) is 30.5 Å². The van der Waals surface area contributed by atoms with E-state index in [-0.39, 0.29) is 11.9 Å². The fourth-order valence-electron chi connectivity index (χ4n) is 3.20. The van der Waals surface area contributed by atoms with Crippen molar-refractivity contribution in [2.75, 3.05) is 6.54 Å². The van der Waals surface area contributed by atoms with Gasteiger partial charge >= 0.3 is 0 Å². The molecule has 0 saturated carbocycles. The topological polar surface area (TPSA) is 53.2 Å². The largest absolute Gasteiger partial charge is 0.360 e. The van der Waals surface area contributed by atoms with E-state index in [0.717, 1.165) is 36.6 Å². The number of amides is 1. The van der Waals surface area contributed by atoms with Crippen LogP contribution in [0.2, 0.25) is 0 Å². The molecule has 1 saturated heterocycles. The summed E-state index contributed by atoms with van der Waals surface area (Å²) in [5.41, 5.74) is 1.37. The first-order valence-corrected chi connectivity index (χ1v) is 7.63. The van der Waals surface area contributed by atoms with Gasteiger partial charge in [0.1, 0.15) is 0 Å². The third-order valence-corrected chi connectivity index (χ3v) is 4.39. The molecule has 2 heterocycles. The molecule has 1 amide bonds. The predicted octanol–water partition coefficient (Wildman–Crippen LogP) is 3.14. The van der Waals surface area contributed by atoms with Crippen LogP contribution in [0, 0.1) is 0 Å². The van der Waals surface area contributed by atoms with Crippen LogP contribution in [0.4, 0.5) is 0 Å². The highest BCUT2D eigenvalue weighted by Gasteiger charge is 2.31. The van der Waals surface area contributed by atoms with Gasteiger partial charge in [-0.05, 0) is 31.7 Å². The highest BCUT2D eigenvalue weighted by molar-refractivity contribution is 6.44. The summed E-state index contributed by atoms with van der Waals surface area (Å²) < 4.78 is 0. The number of hydrogen-bond acceptors (Lipinski definition) is 2. The van der Waals surface area contributed by atoms with Gasteiger partial charge in [-0.3, -0.25) is 9.59 Å². The van der Waals surface area contributed by atoms with Gasteiger partial charge in [-0.2, -0.15) is 0 Å². The number of hydrogen-bond donors (Lipinski definition) is 1. The SMILES string of the molecule is CC[C@@H]1CCCCN1C(=O)C(=O)c1c[nH]c2ccccc12. The van der Waals surface area contributed by atoms with Crippen molar-refractivity contribution in [2.24, 2.45) is 0 Å². The molecule has 0 bridgehead atoms. The average Bonchev–Trinajstić information content (AvgIpc) is 2.97. The average molecular weight is 284 g/mol. The quantitative estimate of drug-likeness (QED) is 0.695. The molecule has 1 aliphatic heterocycles. The lowest BCUT2D eigenvalue weighted by Gasteiger charge is -2.34. The second kappa shape index (κ2) is 5.72. The summed E-state index contributed by atoms with van der Waals surface area (Å²) in [5.74, 6) is -0.751. The van der Waals surface area contributed by atoms with Crippen LogP contribution in [0.25, 0.3) is 10.9 Å². The van der Waals surface area contributed by atoms with Crippen molar-refractivity contribution < 1.29 is 9.59 Å². The lowest BCUT2D eigenvalue weighted by Crippen LogP contribution is -2.46. The van der Waals surface area contributed by atoms with E-state index in [1.165, 1.54) is 0 Å². The second-order valence-electron chi connectivity index (χ2n) is 5.63. The van der Waals surface area contributed by atoms with Gasteiger partial charge in [-0.25, -0.2) is 0 Å². The molecular formula is C17H20N2O2. The van der Waals surface area contributed by atoms with Crippen LogP contribution in [0.1, 0.15) is 43.0 Å². The smallest absolute Gasteiger partial charge is 0.295 e. The summed E-state index contributed by atoms with van der Waals surface area (Å²) in [4.78, 5) is 30.0. The Bertz CT molecular complexity index is 674. The van der Waals surface area contributed by atoms with E-state index in [0.29, 0.717) is 12.1 Å². The number of rotatable bonds is 3. The Morgan fingerprint density at radius 2 is 2.10 bits per heavy atom. The number of aromatic amines is 1. The van der Waals surface area contributed by atoms with Gasteiger partial charge in [-0.15, -0.1) is 0 Å². The van der Waals surface area contributed by atoms with E-state index in [1.807, 2.05) is 24.3 Å². The molecule has 1 aromatic carbocycles. The number of benzene rings is 1. The number of likely N-dealkylation sites (tertiary alicyclic amines) is 1. The molecule has 110 valence electrons. The maximum atomic E-state index is 12.6. The molecule has 0 radical (unpaired) electrons. The Labute approximate surface area is 124 Å². The number of H-pyrrole nitrogens is 1. The number of aromatic nitrogens is 1. The van der Waals surface area contributed by atoms with Crippen molar-refractivity contribution in [2.45, 2.75) is 38.6 Å². The standard InChI is InChI=1S/C17H20N2O2/c1-2-12-7-5-6-10-19(12)17(21)16(20)14-11-18-15-9-4-3-8-13(14)15/h3-4,8-9,11-12,18H,2,5-7,10H2,1H3/t12-/m1/s1. The lowest BCUT2D eigenvalue weighted by molar-refractivity contribution is -0.130. The Morgan fingerprint density at radius 3 is 2.90 bits per heavy atom. The second-order valence-corrected chi connectivity index (χ2v) is 5.63. The minimum Gasteiger partial charge on any atom is -0.360 e. The first kappa shape index (κ1) is 13.9. The number of nitrogens with zero attached hydrogens (tertiary/aromatic N) is 1. The summed E-state index contributed by atoms with van der Waals surface area (Å²) >= 11 is 0. The molecule has 0 spiro atoms. The van der Waals surface area contributed by atoms with Crippen LogP contribution >= 0.6 is 0 Å². The van der Waals surface area contributed by atoms with Crippen molar-refractivity contribution in [3.05, 3.63) is 36.0 Å². The fraction of sp³-hybridized carbons (Fsp3) is 0.412. The number of carbonyl (C=O) groups excluding carboxylic acids is 2. The molecule has 2 aromatic rings. The number of ketones is 1. The van der Waals surface area contributed by atoms with E-state index in [2.05, 4.69) is 11.9 Å². The van der Waals surface area contributed by atoms with E-state index < -0.39 is 5.78 Å². The molecule has 0 unspecified atom stereocenters. The van der Waals surface area contributed by atoms with Gasteiger partial charge in [0.2, 0.25) is 0 Å². The van der Waals surface area contributed by atoms with Gasteiger partial charge < -0.3 is 9.88 Å². The maximum absolute atomic E-state index is 12.6. The van der Waals surface area contributed by atoms with Gasteiger partial charge in [0.25, 0.3) is 11.7 Å². The van der Waals surface area contributed by atoms with Crippen LogP contribution in [-0.2, 0) is 4.79 Å². The van der Waals surface area contributed by atoms with E-state index in [9.17, 15) is 9.59 Å². The van der Waals surface area contributed by atoms with Crippen molar-refractivity contribution in [3.8, 4) is 0 Å². The molecule has 1 fully saturated rings. The summed E-state index contributed by atoms with van der Waals surface area (Å²) in [6.07, 6.45) is 5.69. The normalized spacial score (nSPS) is 18.9. The maximum Gasteiger partial charge on any atom is 0.295 e. The molecule has 1 aliphatic rings. The Hall–Kier alpha value is -2.10. The number of Topliss-reactive ketones (excluding diaryl/α,β-unsaturated/α-hetero) is 1. The Balaban J connectivity index is 1.89. The molecular weight excluding hydrogens is 264 g/mol. The summed E-state index contributed by atoms with van der Waals surface area (Å²) in [6.45, 7) is 2.78. The predicted molar refractivity (Wildman–Crippen MR) is 82.3 cm³/mol. The molecule has 4 heteroatoms. The number of fused-ring (bicyclic) bond motifs is 1. The van der Waals surface area contributed by atoms with Crippen LogP contribution in [0.5, 0.6) is 0 Å². The minimum absolute atomic E-state index is 0.209. The summed E-state index contributed by atoms with van der Waals surface area (Å²) in [6, 6.07) is 7.78. The van der Waals surface area contributed by atoms with Crippen LogP contribution in [0.3, 0.4) is 0 Å². The molecule has 4 nitrogen and oxygen atoms in total. The minimum atomic E-state index is -0.396. The van der Waals surface area contributed by atoms with Gasteiger partial charge in [0, 0.05) is 29.7 Å². The van der Waals surface area contributed by atoms with Crippen LogP contribution < -0.4 is 0 Å². The van der Waals surface area contributed by atoms with Crippen molar-refractivity contribution in [3.63, 3.8) is 0 Å². The zero-order chi connectivity index (χ0) is 14.8. The first-order chi connectivity index (χ1) is 10.2. The summed E-state index contributed by atoms with van der Waals surface area (Å²) in [7, 11) is 0. The third kappa shape index (κ3) is 2.46. The fourth-order valence-corrected chi connectivity index (χ4v) is 3.20. The molecule has 0 aliphatic carbocycles. The molecule has 3 rings (SSSR count). The number of piperidine rings is 1. The number of para-hydroxylation sites is 1. The third-order valence-electron chi connectivity index (χ3n) is 4.39. The van der Waals surface area contributed by atoms with Crippen molar-refractivity contribution >= 4 is 22.6 Å². The highest BCUT2D eigenvalue weighted by Crippen LogP contribution is 2.23.